The van der Waals surface area contributed by atoms with E-state index < -0.39 is 12.1 Å². The summed E-state index contributed by atoms with van der Waals surface area (Å²) >= 11 is 0. The van der Waals surface area contributed by atoms with Crippen LogP contribution in [0.1, 0.15) is 53.8 Å². The van der Waals surface area contributed by atoms with Crippen LogP contribution in [0.25, 0.3) is 5.69 Å². The molecule has 27 heavy (non-hydrogen) atoms. The molecule has 1 unspecified atom stereocenters. The third kappa shape index (κ3) is 3.59. The van der Waals surface area contributed by atoms with Gasteiger partial charge in [-0.25, -0.2) is 13.9 Å². The van der Waals surface area contributed by atoms with E-state index in [0.717, 1.165) is 49.8 Å². The van der Waals surface area contributed by atoms with E-state index in [1.165, 1.54) is 12.1 Å². The molecule has 1 fully saturated rings. The quantitative estimate of drug-likeness (QED) is 0.842. The number of hydrogen-bond acceptors (Lipinski definition) is 4. The lowest BCUT2D eigenvalue weighted by molar-refractivity contribution is -0.129. The van der Waals surface area contributed by atoms with Crippen LogP contribution >= 0.6 is 0 Å². The molecular weight excluding hydrogens is 349 g/mol. The molecule has 0 radical (unpaired) electrons. The summed E-state index contributed by atoms with van der Waals surface area (Å²) in [6.45, 7) is 0.613. The fourth-order valence-corrected chi connectivity index (χ4v) is 3.77. The standard InChI is InChI=1S/C20H22FN3O3/c21-13-8-10-14(11-9-13)24-16-6-2-1-5-15(16)18(23-24)20(26)27-17-7-3-4-12-22-19(17)25/h8-11,17H,1-7,12H2,(H,22,25). The predicted molar refractivity (Wildman–Crippen MR) is 96.2 cm³/mol. The largest absolute Gasteiger partial charge is 0.447 e. The van der Waals surface area contributed by atoms with Crippen LogP contribution in [0.5, 0.6) is 0 Å². The van der Waals surface area contributed by atoms with Gasteiger partial charge in [0.1, 0.15) is 5.82 Å². The van der Waals surface area contributed by atoms with E-state index in [1.54, 1.807) is 16.8 Å². The summed E-state index contributed by atoms with van der Waals surface area (Å²) in [5.41, 5.74) is 2.82. The zero-order valence-corrected chi connectivity index (χ0v) is 15.0. The first-order chi connectivity index (χ1) is 13.1. The Kier molecular flexibility index (Phi) is 4.92. The number of amides is 1. The minimum Gasteiger partial charge on any atom is -0.447 e. The number of benzene rings is 1. The van der Waals surface area contributed by atoms with Gasteiger partial charge in [0.2, 0.25) is 0 Å². The minimum absolute atomic E-state index is 0.243. The fraction of sp³-hybridized carbons (Fsp3) is 0.450. The van der Waals surface area contributed by atoms with Crippen molar-refractivity contribution in [2.75, 3.05) is 6.54 Å². The van der Waals surface area contributed by atoms with Crippen molar-refractivity contribution in [2.45, 2.75) is 51.0 Å². The highest BCUT2D eigenvalue weighted by atomic mass is 19.1. The number of hydrogen-bond donors (Lipinski definition) is 1. The van der Waals surface area contributed by atoms with Gasteiger partial charge in [0, 0.05) is 17.8 Å². The van der Waals surface area contributed by atoms with E-state index in [4.69, 9.17) is 4.74 Å². The summed E-state index contributed by atoms with van der Waals surface area (Å²) in [6, 6.07) is 6.04. The van der Waals surface area contributed by atoms with Gasteiger partial charge < -0.3 is 10.1 Å². The number of halogens is 1. The maximum absolute atomic E-state index is 13.3. The van der Waals surface area contributed by atoms with Crippen molar-refractivity contribution in [3.05, 3.63) is 47.0 Å². The molecule has 1 saturated heterocycles. The molecule has 142 valence electrons. The minimum atomic E-state index is -0.768. The number of carbonyl (C=O) groups excluding carboxylic acids is 2. The van der Waals surface area contributed by atoms with Crippen LogP contribution in [0, 0.1) is 5.82 Å². The number of rotatable bonds is 3. The third-order valence-corrected chi connectivity index (χ3v) is 5.18. The highest BCUT2D eigenvalue weighted by Crippen LogP contribution is 2.28. The number of nitrogens with zero attached hydrogens (tertiary/aromatic N) is 2. The van der Waals surface area contributed by atoms with Crippen molar-refractivity contribution < 1.29 is 18.7 Å². The van der Waals surface area contributed by atoms with Gasteiger partial charge in [0.05, 0.1) is 5.69 Å². The highest BCUT2D eigenvalue weighted by molar-refractivity contribution is 5.92. The first-order valence-corrected chi connectivity index (χ1v) is 9.49. The Bertz CT molecular complexity index is 860. The maximum Gasteiger partial charge on any atom is 0.359 e. The molecule has 7 heteroatoms. The number of carbonyl (C=O) groups is 2. The molecule has 1 atom stereocenters. The molecule has 1 amide bonds. The molecule has 6 nitrogen and oxygen atoms in total. The Morgan fingerprint density at radius 1 is 1.15 bits per heavy atom. The second-order valence-electron chi connectivity index (χ2n) is 7.05. The molecular formula is C20H22FN3O3. The van der Waals surface area contributed by atoms with Crippen LogP contribution in [-0.2, 0) is 22.4 Å². The first kappa shape index (κ1) is 17.7. The van der Waals surface area contributed by atoms with Crippen molar-refractivity contribution in [2.24, 2.45) is 0 Å². The summed E-state index contributed by atoms with van der Waals surface area (Å²) in [6.07, 6.45) is 5.02. The van der Waals surface area contributed by atoms with Crippen molar-refractivity contribution in [3.63, 3.8) is 0 Å². The molecule has 4 rings (SSSR count). The first-order valence-electron chi connectivity index (χ1n) is 9.49. The summed E-state index contributed by atoms with van der Waals surface area (Å²) in [4.78, 5) is 24.9. The summed E-state index contributed by atoms with van der Waals surface area (Å²) in [5.74, 6) is -1.12. The number of aromatic nitrogens is 2. The van der Waals surface area contributed by atoms with Crippen LogP contribution in [0.4, 0.5) is 4.39 Å². The lowest BCUT2D eigenvalue weighted by Crippen LogP contribution is -2.36. The van der Waals surface area contributed by atoms with Crippen molar-refractivity contribution in [3.8, 4) is 5.69 Å². The Morgan fingerprint density at radius 3 is 2.74 bits per heavy atom. The zero-order valence-electron chi connectivity index (χ0n) is 15.0. The summed E-state index contributed by atoms with van der Waals surface area (Å²) < 4.78 is 20.5. The monoisotopic (exact) mass is 371 g/mol. The second kappa shape index (κ2) is 7.50. The molecule has 1 N–H and O–H groups in total. The lowest BCUT2D eigenvalue weighted by Gasteiger charge is -2.15. The van der Waals surface area contributed by atoms with Crippen LogP contribution in [0.15, 0.2) is 24.3 Å². The number of esters is 1. The highest BCUT2D eigenvalue weighted by Gasteiger charge is 2.30. The van der Waals surface area contributed by atoms with Gasteiger partial charge in [-0.2, -0.15) is 5.10 Å². The molecule has 2 heterocycles. The van der Waals surface area contributed by atoms with Crippen LogP contribution in [0.3, 0.4) is 0 Å². The normalized spacial score (nSPS) is 19.7. The Labute approximate surface area is 156 Å². The van der Waals surface area contributed by atoms with Crippen molar-refractivity contribution in [1.82, 2.24) is 15.1 Å². The lowest BCUT2D eigenvalue weighted by atomic mass is 9.95. The van der Waals surface area contributed by atoms with E-state index in [-0.39, 0.29) is 17.4 Å². The van der Waals surface area contributed by atoms with Crippen LogP contribution in [0.2, 0.25) is 0 Å². The Hall–Kier alpha value is -2.70. The number of ether oxygens (including phenoxy) is 1. The molecule has 1 aliphatic heterocycles. The average molecular weight is 371 g/mol. The van der Waals surface area contributed by atoms with E-state index in [2.05, 4.69) is 10.4 Å². The van der Waals surface area contributed by atoms with Gasteiger partial charge >= 0.3 is 5.97 Å². The molecule has 0 spiro atoms. The van der Waals surface area contributed by atoms with Gasteiger partial charge in [0.15, 0.2) is 11.8 Å². The van der Waals surface area contributed by atoms with Crippen LogP contribution < -0.4 is 5.32 Å². The van der Waals surface area contributed by atoms with E-state index in [9.17, 15) is 14.0 Å². The van der Waals surface area contributed by atoms with Gasteiger partial charge in [-0.1, -0.05) is 0 Å². The maximum atomic E-state index is 13.3. The average Bonchev–Trinajstić information content (AvgIpc) is 2.95. The van der Waals surface area contributed by atoms with Crippen molar-refractivity contribution in [1.29, 1.82) is 0 Å². The Morgan fingerprint density at radius 2 is 1.93 bits per heavy atom. The predicted octanol–water partition coefficient (Wildman–Crippen LogP) is 2.72. The topological polar surface area (TPSA) is 73.2 Å². The molecule has 0 bridgehead atoms. The second-order valence-corrected chi connectivity index (χ2v) is 7.05. The fourth-order valence-electron chi connectivity index (χ4n) is 3.77. The van der Waals surface area contributed by atoms with E-state index in [0.29, 0.717) is 18.7 Å². The van der Waals surface area contributed by atoms with Crippen molar-refractivity contribution >= 4 is 11.9 Å². The smallest absolute Gasteiger partial charge is 0.359 e. The van der Waals surface area contributed by atoms with E-state index >= 15 is 0 Å². The van der Waals surface area contributed by atoms with Crippen LogP contribution in [-0.4, -0.2) is 34.3 Å². The van der Waals surface area contributed by atoms with Gasteiger partial charge in [-0.05, 0) is 69.2 Å². The van der Waals surface area contributed by atoms with Gasteiger partial charge in [0.25, 0.3) is 5.91 Å². The molecule has 0 saturated carbocycles. The molecule has 2 aromatic rings. The molecule has 2 aliphatic rings. The summed E-state index contributed by atoms with van der Waals surface area (Å²) in [5, 5.41) is 7.27. The molecule has 1 aromatic carbocycles. The number of nitrogens with one attached hydrogen (secondary N) is 1. The van der Waals surface area contributed by atoms with Gasteiger partial charge in [-0.3, -0.25) is 4.79 Å². The molecule has 1 aliphatic carbocycles. The number of fused-ring (bicyclic) bond motifs is 1. The van der Waals surface area contributed by atoms with Gasteiger partial charge in [-0.15, -0.1) is 0 Å². The SMILES string of the molecule is O=C(OC1CCCCNC1=O)c1nn(-c2ccc(F)cc2)c2c1CCCC2. The Balaban J connectivity index is 1.65. The zero-order chi connectivity index (χ0) is 18.8. The van der Waals surface area contributed by atoms with E-state index in [1.807, 2.05) is 0 Å². The third-order valence-electron chi connectivity index (χ3n) is 5.18. The summed E-state index contributed by atoms with van der Waals surface area (Å²) in [7, 11) is 0. The molecule has 1 aromatic heterocycles.